The summed E-state index contributed by atoms with van der Waals surface area (Å²) in [6.45, 7) is 4.35. The van der Waals surface area contributed by atoms with Crippen molar-refractivity contribution in [2.45, 2.75) is 45.1 Å². The van der Waals surface area contributed by atoms with Gasteiger partial charge in [-0.15, -0.1) is 0 Å². The van der Waals surface area contributed by atoms with E-state index < -0.39 is 5.60 Å². The predicted octanol–water partition coefficient (Wildman–Crippen LogP) is 7.51. The van der Waals surface area contributed by atoms with Crippen LogP contribution < -0.4 is 0 Å². The summed E-state index contributed by atoms with van der Waals surface area (Å²) in [5, 5.41) is 13.6. The monoisotopic (exact) mass is 419 g/mol. The first kappa shape index (κ1) is 20.7. The lowest BCUT2D eigenvalue weighted by Gasteiger charge is -2.30. The molecule has 1 aromatic heterocycles. The molecule has 0 amide bonds. The van der Waals surface area contributed by atoms with E-state index in [4.69, 9.17) is 4.98 Å². The number of rotatable bonds is 6. The van der Waals surface area contributed by atoms with Crippen LogP contribution in [0.25, 0.3) is 27.7 Å². The average molecular weight is 420 g/mol. The third kappa shape index (κ3) is 3.18. The normalized spacial score (nSPS) is 17.7. The molecule has 1 atom stereocenters. The summed E-state index contributed by atoms with van der Waals surface area (Å²) in [5.74, 6) is 0. The van der Waals surface area contributed by atoms with Crippen molar-refractivity contribution in [1.29, 1.82) is 0 Å². The molecule has 1 heterocycles. The topological polar surface area (TPSA) is 33.1 Å². The van der Waals surface area contributed by atoms with E-state index in [2.05, 4.69) is 74.5 Å². The Morgan fingerprint density at radius 3 is 2.03 bits per heavy atom. The van der Waals surface area contributed by atoms with E-state index in [1.807, 2.05) is 24.3 Å². The van der Waals surface area contributed by atoms with E-state index in [0.717, 1.165) is 58.1 Å². The van der Waals surface area contributed by atoms with Gasteiger partial charge in [0, 0.05) is 22.1 Å². The Bertz CT molecular complexity index is 1290. The molecular formula is C30H29NO. The fraction of sp³-hybridized carbons (Fsp3) is 0.233. The molecule has 1 N–H and O–H groups in total. The van der Waals surface area contributed by atoms with Crippen LogP contribution in [0.1, 0.15) is 56.2 Å². The van der Waals surface area contributed by atoms with E-state index >= 15 is 0 Å². The largest absolute Gasteiger partial charge is 0.381 e. The maximum absolute atomic E-state index is 12.5. The van der Waals surface area contributed by atoms with E-state index in [9.17, 15) is 5.11 Å². The molecule has 1 unspecified atom stereocenters. The Kier molecular flexibility index (Phi) is 5.40. The molecular weight excluding hydrogens is 390 g/mol. The molecule has 0 bridgehead atoms. The molecule has 0 saturated heterocycles. The van der Waals surface area contributed by atoms with Gasteiger partial charge in [0.25, 0.3) is 0 Å². The molecule has 2 nitrogen and oxygen atoms in total. The highest BCUT2D eigenvalue weighted by Crippen LogP contribution is 2.55. The molecule has 0 aliphatic heterocycles. The van der Waals surface area contributed by atoms with Crippen molar-refractivity contribution in [2.75, 3.05) is 0 Å². The molecule has 5 rings (SSSR count). The van der Waals surface area contributed by atoms with Crippen LogP contribution in [-0.4, -0.2) is 10.1 Å². The van der Waals surface area contributed by atoms with Gasteiger partial charge in [-0.25, -0.2) is 4.98 Å². The third-order valence-electron chi connectivity index (χ3n) is 6.58. The Hall–Kier alpha value is -3.23. The summed E-state index contributed by atoms with van der Waals surface area (Å²) < 4.78 is 0. The van der Waals surface area contributed by atoms with E-state index in [1.54, 1.807) is 0 Å². The molecule has 3 aromatic carbocycles. The lowest BCUT2D eigenvalue weighted by molar-refractivity contribution is 0.0663. The molecule has 0 fully saturated rings. The van der Waals surface area contributed by atoms with Gasteiger partial charge in [-0.05, 0) is 35.6 Å². The number of aromatic nitrogens is 1. The Labute approximate surface area is 190 Å². The second kappa shape index (κ2) is 8.37. The van der Waals surface area contributed by atoms with Gasteiger partial charge in [0.2, 0.25) is 0 Å². The number of benzene rings is 3. The zero-order valence-electron chi connectivity index (χ0n) is 18.8. The van der Waals surface area contributed by atoms with Gasteiger partial charge >= 0.3 is 0 Å². The number of pyridine rings is 1. The first-order chi connectivity index (χ1) is 15.7. The minimum atomic E-state index is -1.02. The van der Waals surface area contributed by atoms with Crippen molar-refractivity contribution in [3.8, 4) is 11.3 Å². The van der Waals surface area contributed by atoms with Crippen LogP contribution >= 0.6 is 0 Å². The van der Waals surface area contributed by atoms with Crippen molar-refractivity contribution in [2.24, 2.45) is 0 Å². The van der Waals surface area contributed by atoms with Crippen LogP contribution in [0.3, 0.4) is 0 Å². The number of aliphatic hydroxyl groups is 1. The molecule has 160 valence electrons. The number of hydrogen-bond acceptors (Lipinski definition) is 2. The quantitative estimate of drug-likeness (QED) is 0.351. The first-order valence-corrected chi connectivity index (χ1v) is 11.7. The Morgan fingerprint density at radius 2 is 1.38 bits per heavy atom. The number of hydrogen-bond donors (Lipinski definition) is 1. The Balaban J connectivity index is 1.96. The number of fused-ring (bicyclic) bond motifs is 3. The second-order valence-corrected chi connectivity index (χ2v) is 8.67. The lowest BCUT2D eigenvalue weighted by Crippen LogP contribution is -2.27. The summed E-state index contributed by atoms with van der Waals surface area (Å²) in [6.07, 6.45) is 3.42. The van der Waals surface area contributed by atoms with Crippen molar-refractivity contribution < 1.29 is 5.11 Å². The lowest BCUT2D eigenvalue weighted by atomic mass is 9.81. The van der Waals surface area contributed by atoms with Gasteiger partial charge in [0.1, 0.15) is 5.60 Å². The fourth-order valence-corrected chi connectivity index (χ4v) is 5.33. The minimum absolute atomic E-state index is 0.686. The molecule has 0 spiro atoms. The Morgan fingerprint density at radius 1 is 0.750 bits per heavy atom. The van der Waals surface area contributed by atoms with Crippen molar-refractivity contribution in [1.82, 2.24) is 4.98 Å². The van der Waals surface area contributed by atoms with Gasteiger partial charge in [-0.1, -0.05) is 106 Å². The van der Waals surface area contributed by atoms with Gasteiger partial charge in [-0.2, -0.15) is 0 Å². The third-order valence-corrected chi connectivity index (χ3v) is 6.58. The van der Waals surface area contributed by atoms with Crippen LogP contribution in [0.15, 0.2) is 90.5 Å². The molecule has 32 heavy (non-hydrogen) atoms. The van der Waals surface area contributed by atoms with Crippen LogP contribution in [0, 0.1) is 0 Å². The minimum Gasteiger partial charge on any atom is -0.381 e. The fourth-order valence-electron chi connectivity index (χ4n) is 5.33. The molecule has 1 aliphatic rings. The maximum Gasteiger partial charge on any atom is 0.114 e. The molecule has 2 heteroatoms. The summed E-state index contributed by atoms with van der Waals surface area (Å²) in [6, 6.07) is 29.2. The predicted molar refractivity (Wildman–Crippen MR) is 133 cm³/mol. The maximum atomic E-state index is 12.5. The summed E-state index contributed by atoms with van der Waals surface area (Å²) in [7, 11) is 0. The van der Waals surface area contributed by atoms with Crippen LogP contribution in [-0.2, 0) is 5.60 Å². The van der Waals surface area contributed by atoms with Gasteiger partial charge in [0.15, 0.2) is 0 Å². The highest BCUT2D eigenvalue weighted by atomic mass is 16.3. The van der Waals surface area contributed by atoms with Crippen molar-refractivity contribution in [3.63, 3.8) is 0 Å². The van der Waals surface area contributed by atoms with Gasteiger partial charge < -0.3 is 5.11 Å². The molecule has 0 saturated carbocycles. The van der Waals surface area contributed by atoms with Crippen LogP contribution in [0.2, 0.25) is 0 Å². The average Bonchev–Trinajstić information content (AvgIpc) is 3.09. The van der Waals surface area contributed by atoms with E-state index in [1.165, 1.54) is 11.1 Å². The number of para-hydroxylation sites is 1. The summed E-state index contributed by atoms with van der Waals surface area (Å²) >= 11 is 0. The van der Waals surface area contributed by atoms with Gasteiger partial charge in [0.05, 0.1) is 11.2 Å². The first-order valence-electron chi connectivity index (χ1n) is 11.7. The van der Waals surface area contributed by atoms with Crippen LogP contribution in [0.4, 0.5) is 0 Å². The number of nitrogens with zero attached hydrogens (tertiary/aromatic N) is 1. The van der Waals surface area contributed by atoms with E-state index in [0.29, 0.717) is 6.42 Å². The highest BCUT2D eigenvalue weighted by Gasteiger charge is 2.46. The zero-order chi connectivity index (χ0) is 22.1. The SMILES string of the molecule is CCCC1=C(c2ccccc2)c2c(c(-c3ccccc3)nc3ccccc23)C1(O)CCC. The highest BCUT2D eigenvalue weighted by molar-refractivity contribution is 6.04. The molecule has 1 aliphatic carbocycles. The zero-order valence-corrected chi connectivity index (χ0v) is 18.8. The van der Waals surface area contributed by atoms with Gasteiger partial charge in [-0.3, -0.25) is 0 Å². The molecule has 0 radical (unpaired) electrons. The summed E-state index contributed by atoms with van der Waals surface area (Å²) in [5.41, 5.74) is 7.52. The standard InChI is InChI=1S/C30H29NO/c1-3-13-24-26(21-14-7-5-8-15-21)27-23-18-11-12-19-25(23)31-29(22-16-9-6-10-17-22)28(27)30(24,32)20-4-2/h5-12,14-19,32H,3-4,13,20H2,1-2H3. The summed E-state index contributed by atoms with van der Waals surface area (Å²) in [4.78, 5) is 5.13. The van der Waals surface area contributed by atoms with E-state index in [-0.39, 0.29) is 0 Å². The smallest absolute Gasteiger partial charge is 0.114 e. The molecule has 4 aromatic rings. The van der Waals surface area contributed by atoms with Crippen molar-refractivity contribution in [3.05, 3.63) is 107 Å². The van der Waals surface area contributed by atoms with Crippen LogP contribution in [0.5, 0.6) is 0 Å². The van der Waals surface area contributed by atoms with Crippen molar-refractivity contribution >= 4 is 16.5 Å². The second-order valence-electron chi connectivity index (χ2n) is 8.67.